The van der Waals surface area contributed by atoms with E-state index in [9.17, 15) is 0 Å². The van der Waals surface area contributed by atoms with E-state index in [1.807, 2.05) is 0 Å². The maximum atomic E-state index is 2.57. The molecule has 0 aromatic heterocycles. The smallest absolute Gasteiger partial charge is 0.0360 e. The lowest BCUT2D eigenvalue weighted by Gasteiger charge is -2.42. The van der Waals surface area contributed by atoms with Gasteiger partial charge in [-0.05, 0) is 48.3 Å². The van der Waals surface area contributed by atoms with Gasteiger partial charge in [-0.2, -0.15) is 0 Å². The van der Waals surface area contributed by atoms with Crippen LogP contribution in [0.1, 0.15) is 79.1 Å². The van der Waals surface area contributed by atoms with Gasteiger partial charge in [0.2, 0.25) is 0 Å². The Labute approximate surface area is 115 Å². The molecule has 6 atom stereocenters. The molecule has 0 amide bonds. The van der Waals surface area contributed by atoms with E-state index < -0.39 is 0 Å². The van der Waals surface area contributed by atoms with E-state index in [0.29, 0.717) is 0 Å². The zero-order valence-corrected chi connectivity index (χ0v) is 13.1. The lowest BCUT2D eigenvalue weighted by atomic mass is 9.63. The van der Waals surface area contributed by atoms with Crippen LogP contribution in [0.25, 0.3) is 0 Å². The Morgan fingerprint density at radius 1 is 0.611 bits per heavy atom. The van der Waals surface area contributed by atoms with Crippen molar-refractivity contribution >= 4 is 0 Å². The lowest BCUT2D eigenvalue weighted by molar-refractivity contribution is 0.0750. The maximum Gasteiger partial charge on any atom is -0.0360 e. The van der Waals surface area contributed by atoms with Crippen molar-refractivity contribution in [3.8, 4) is 0 Å². The van der Waals surface area contributed by atoms with Crippen LogP contribution >= 0.6 is 0 Å². The van der Waals surface area contributed by atoms with Crippen LogP contribution in [0.4, 0.5) is 0 Å². The lowest BCUT2D eigenvalue weighted by Crippen LogP contribution is -2.34. The number of hydrogen-bond donors (Lipinski definition) is 0. The van der Waals surface area contributed by atoms with Gasteiger partial charge in [0, 0.05) is 0 Å². The van der Waals surface area contributed by atoms with Crippen LogP contribution in [0.15, 0.2) is 0 Å². The molecule has 106 valence electrons. The highest BCUT2D eigenvalue weighted by molar-refractivity contribution is 4.85. The van der Waals surface area contributed by atoms with Crippen LogP contribution in [0.2, 0.25) is 0 Å². The second kappa shape index (κ2) is 6.44. The molecule has 0 heteroatoms. The minimum Gasteiger partial charge on any atom is -0.0622 e. The second-order valence-electron chi connectivity index (χ2n) is 7.57. The first-order chi connectivity index (χ1) is 8.61. The molecule has 2 fully saturated rings. The molecule has 18 heavy (non-hydrogen) atoms. The quantitative estimate of drug-likeness (QED) is 0.584. The van der Waals surface area contributed by atoms with E-state index in [0.717, 1.165) is 35.5 Å². The summed E-state index contributed by atoms with van der Waals surface area (Å²) in [5, 5.41) is 0. The molecular weight excluding hydrogens is 216 g/mol. The van der Waals surface area contributed by atoms with E-state index in [-0.39, 0.29) is 0 Å². The summed E-state index contributed by atoms with van der Waals surface area (Å²) in [7, 11) is 0. The Bertz CT molecular complexity index is 218. The van der Waals surface area contributed by atoms with Gasteiger partial charge in [-0.1, -0.05) is 66.2 Å². The first-order valence-corrected chi connectivity index (χ1v) is 8.61. The molecule has 0 aromatic rings. The van der Waals surface area contributed by atoms with Gasteiger partial charge in [-0.25, -0.2) is 0 Å². The van der Waals surface area contributed by atoms with Gasteiger partial charge < -0.3 is 0 Å². The van der Waals surface area contributed by atoms with Gasteiger partial charge in [0.25, 0.3) is 0 Å². The Morgan fingerprint density at radius 2 is 0.944 bits per heavy atom. The maximum absolute atomic E-state index is 2.57. The molecule has 0 bridgehead atoms. The van der Waals surface area contributed by atoms with E-state index in [1.165, 1.54) is 51.4 Å². The molecule has 2 saturated carbocycles. The fourth-order valence-electron chi connectivity index (χ4n) is 5.03. The predicted molar refractivity (Wildman–Crippen MR) is 80.6 cm³/mol. The fourth-order valence-corrected chi connectivity index (χ4v) is 5.03. The normalized spacial score (nSPS) is 41.3. The van der Waals surface area contributed by atoms with Crippen molar-refractivity contribution in [2.45, 2.75) is 79.1 Å². The SMILES string of the molecule is CC1CCCCC1C(C)C(C)C1CCCCC1C. The molecule has 2 rings (SSSR count). The summed E-state index contributed by atoms with van der Waals surface area (Å²) in [4.78, 5) is 0. The van der Waals surface area contributed by atoms with Crippen molar-refractivity contribution in [1.82, 2.24) is 0 Å². The topological polar surface area (TPSA) is 0 Å². The minimum absolute atomic E-state index is 0.950. The van der Waals surface area contributed by atoms with Crippen LogP contribution < -0.4 is 0 Å². The molecular formula is C18H34. The molecule has 0 aliphatic heterocycles. The van der Waals surface area contributed by atoms with Crippen molar-refractivity contribution < 1.29 is 0 Å². The van der Waals surface area contributed by atoms with Crippen LogP contribution in [0, 0.1) is 35.5 Å². The van der Waals surface area contributed by atoms with Crippen molar-refractivity contribution in [3.05, 3.63) is 0 Å². The first kappa shape index (κ1) is 14.4. The number of hydrogen-bond acceptors (Lipinski definition) is 0. The Balaban J connectivity index is 1.96. The van der Waals surface area contributed by atoms with Crippen molar-refractivity contribution in [3.63, 3.8) is 0 Å². The third kappa shape index (κ3) is 3.11. The molecule has 2 aliphatic carbocycles. The summed E-state index contributed by atoms with van der Waals surface area (Å²) in [6, 6.07) is 0. The Morgan fingerprint density at radius 3 is 1.28 bits per heavy atom. The summed E-state index contributed by atoms with van der Waals surface area (Å²) in [6.07, 6.45) is 11.9. The highest BCUT2D eigenvalue weighted by Crippen LogP contribution is 2.44. The van der Waals surface area contributed by atoms with Crippen LogP contribution in [-0.4, -0.2) is 0 Å². The third-order valence-electron chi connectivity index (χ3n) is 6.54. The van der Waals surface area contributed by atoms with Crippen molar-refractivity contribution in [2.75, 3.05) is 0 Å². The van der Waals surface area contributed by atoms with E-state index in [4.69, 9.17) is 0 Å². The summed E-state index contributed by atoms with van der Waals surface area (Å²) >= 11 is 0. The molecule has 0 heterocycles. The molecule has 0 aromatic carbocycles. The molecule has 0 nitrogen and oxygen atoms in total. The second-order valence-corrected chi connectivity index (χ2v) is 7.57. The van der Waals surface area contributed by atoms with Gasteiger partial charge in [0.05, 0.1) is 0 Å². The van der Waals surface area contributed by atoms with Gasteiger partial charge >= 0.3 is 0 Å². The van der Waals surface area contributed by atoms with E-state index >= 15 is 0 Å². The van der Waals surface area contributed by atoms with Gasteiger partial charge in [0.15, 0.2) is 0 Å². The highest BCUT2D eigenvalue weighted by atomic mass is 14.4. The largest absolute Gasteiger partial charge is 0.0622 e. The Hall–Kier alpha value is 0. The summed E-state index contributed by atoms with van der Waals surface area (Å²) in [5.74, 6) is 5.90. The zero-order valence-electron chi connectivity index (χ0n) is 13.1. The molecule has 6 unspecified atom stereocenters. The monoisotopic (exact) mass is 250 g/mol. The van der Waals surface area contributed by atoms with E-state index in [1.54, 1.807) is 0 Å². The molecule has 2 aliphatic rings. The van der Waals surface area contributed by atoms with Crippen LogP contribution in [0.5, 0.6) is 0 Å². The Kier molecular flexibility index (Phi) is 5.15. The molecule has 0 N–H and O–H groups in total. The third-order valence-corrected chi connectivity index (χ3v) is 6.54. The average molecular weight is 250 g/mol. The van der Waals surface area contributed by atoms with Crippen molar-refractivity contribution in [1.29, 1.82) is 0 Å². The van der Waals surface area contributed by atoms with Crippen LogP contribution in [0.3, 0.4) is 0 Å². The summed E-state index contributed by atoms with van der Waals surface area (Å²) in [5.41, 5.74) is 0. The average Bonchev–Trinajstić information content (AvgIpc) is 2.38. The zero-order chi connectivity index (χ0) is 13.1. The van der Waals surface area contributed by atoms with Crippen molar-refractivity contribution in [2.24, 2.45) is 35.5 Å². The minimum atomic E-state index is 0.950. The van der Waals surface area contributed by atoms with Gasteiger partial charge in [-0.15, -0.1) is 0 Å². The van der Waals surface area contributed by atoms with Gasteiger partial charge in [0.1, 0.15) is 0 Å². The first-order valence-electron chi connectivity index (χ1n) is 8.61. The molecule has 0 spiro atoms. The fraction of sp³-hybridized carbons (Fsp3) is 1.00. The summed E-state index contributed by atoms with van der Waals surface area (Å²) < 4.78 is 0. The predicted octanol–water partition coefficient (Wildman–Crippen LogP) is 5.91. The summed E-state index contributed by atoms with van der Waals surface area (Å²) in [6.45, 7) is 10.2. The van der Waals surface area contributed by atoms with E-state index in [2.05, 4.69) is 27.7 Å². The van der Waals surface area contributed by atoms with Gasteiger partial charge in [-0.3, -0.25) is 0 Å². The van der Waals surface area contributed by atoms with Crippen LogP contribution in [-0.2, 0) is 0 Å². The number of rotatable bonds is 3. The molecule has 0 radical (unpaired) electrons. The highest BCUT2D eigenvalue weighted by Gasteiger charge is 2.35. The molecule has 0 saturated heterocycles. The standard InChI is InChI=1S/C18H34/c1-13-9-5-7-11-17(13)15(3)16(4)18-12-8-6-10-14(18)2/h13-18H,5-12H2,1-4H3.